The third-order valence-corrected chi connectivity index (χ3v) is 5.32. The summed E-state index contributed by atoms with van der Waals surface area (Å²) < 4.78 is 5.28. The second-order valence-electron chi connectivity index (χ2n) is 7.45. The van der Waals surface area contributed by atoms with Gasteiger partial charge in [-0.05, 0) is 25.1 Å². The van der Waals surface area contributed by atoms with Crippen LogP contribution in [-0.4, -0.2) is 66.5 Å². The summed E-state index contributed by atoms with van der Waals surface area (Å²) in [7, 11) is 1.95. The normalized spacial score (nSPS) is 17.9. The lowest BCUT2D eigenvalue weighted by Gasteiger charge is -2.34. The maximum Gasteiger partial charge on any atom is 0.254 e. The Morgan fingerprint density at radius 1 is 1.18 bits per heavy atom. The average Bonchev–Trinajstić information content (AvgIpc) is 3.04. The summed E-state index contributed by atoms with van der Waals surface area (Å²) in [5.74, 6) is 0.827. The molecule has 1 N–H and O–H groups in total. The third-order valence-electron chi connectivity index (χ3n) is 5.32. The zero-order chi connectivity index (χ0) is 19.7. The van der Waals surface area contributed by atoms with Gasteiger partial charge in [-0.3, -0.25) is 14.5 Å². The van der Waals surface area contributed by atoms with E-state index in [0.29, 0.717) is 43.9 Å². The van der Waals surface area contributed by atoms with Gasteiger partial charge in [0.15, 0.2) is 5.76 Å². The van der Waals surface area contributed by atoms with E-state index in [1.54, 1.807) is 6.07 Å². The number of hydrogen-bond donors (Lipinski definition) is 1. The Kier molecular flexibility index (Phi) is 5.04. The maximum absolute atomic E-state index is 13.0. The van der Waals surface area contributed by atoms with Gasteiger partial charge < -0.3 is 19.6 Å². The molecule has 0 saturated carbocycles. The number of aromatic nitrogens is 1. The molecule has 1 aromatic heterocycles. The minimum absolute atomic E-state index is 0.000825. The van der Waals surface area contributed by atoms with E-state index in [9.17, 15) is 9.59 Å². The van der Waals surface area contributed by atoms with Gasteiger partial charge in [0.25, 0.3) is 5.91 Å². The molecule has 1 aromatic carbocycles. The highest BCUT2D eigenvalue weighted by molar-refractivity contribution is 6.00. The van der Waals surface area contributed by atoms with Gasteiger partial charge in [0.1, 0.15) is 0 Å². The van der Waals surface area contributed by atoms with Crippen LogP contribution in [0.1, 0.15) is 28.2 Å². The van der Waals surface area contributed by atoms with Gasteiger partial charge in [0.05, 0.1) is 23.6 Å². The van der Waals surface area contributed by atoms with E-state index in [4.69, 9.17) is 4.52 Å². The largest absolute Gasteiger partial charge is 0.372 e. The van der Waals surface area contributed by atoms with Crippen LogP contribution >= 0.6 is 0 Å². The second kappa shape index (κ2) is 7.63. The Balaban J connectivity index is 1.41. The number of carbonyl (C=O) groups excluding carboxylic acids is 2. The Morgan fingerprint density at radius 2 is 1.96 bits per heavy atom. The fraction of sp³-hybridized carbons (Fsp3) is 0.450. The second-order valence-corrected chi connectivity index (χ2v) is 7.45. The van der Waals surface area contributed by atoms with Crippen molar-refractivity contribution in [2.45, 2.75) is 19.9 Å². The molecule has 8 heteroatoms. The predicted molar refractivity (Wildman–Crippen MR) is 105 cm³/mol. The number of rotatable bonds is 3. The minimum atomic E-state index is -0.0218. The van der Waals surface area contributed by atoms with E-state index < -0.39 is 0 Å². The molecule has 2 aliphatic rings. The summed E-state index contributed by atoms with van der Waals surface area (Å²) in [4.78, 5) is 31.0. The number of benzene rings is 1. The van der Waals surface area contributed by atoms with Crippen molar-refractivity contribution < 1.29 is 14.1 Å². The third kappa shape index (κ3) is 3.87. The summed E-state index contributed by atoms with van der Waals surface area (Å²) in [5.41, 5.74) is 3.13. The van der Waals surface area contributed by atoms with Crippen molar-refractivity contribution in [2.24, 2.45) is 0 Å². The summed E-state index contributed by atoms with van der Waals surface area (Å²) >= 11 is 0. The molecule has 2 amide bonds. The Morgan fingerprint density at radius 3 is 2.68 bits per heavy atom. The number of nitrogens with one attached hydrogen (secondary N) is 1. The van der Waals surface area contributed by atoms with Gasteiger partial charge in [-0.25, -0.2) is 0 Å². The fourth-order valence-corrected chi connectivity index (χ4v) is 3.71. The number of hydrogen-bond acceptors (Lipinski definition) is 6. The smallest absolute Gasteiger partial charge is 0.254 e. The van der Waals surface area contributed by atoms with Crippen molar-refractivity contribution in [3.8, 4) is 0 Å². The molecule has 0 atom stereocenters. The maximum atomic E-state index is 13.0. The summed E-state index contributed by atoms with van der Waals surface area (Å²) in [5, 5.41) is 6.83. The lowest BCUT2D eigenvalue weighted by molar-refractivity contribution is -0.115. The molecular formula is C20H25N5O3. The van der Waals surface area contributed by atoms with E-state index in [-0.39, 0.29) is 11.8 Å². The number of carbonyl (C=O) groups is 2. The summed E-state index contributed by atoms with van der Waals surface area (Å²) in [6.45, 7) is 6.18. The summed E-state index contributed by atoms with van der Waals surface area (Å²) in [6.07, 6.45) is 0.446. The lowest BCUT2D eigenvalue weighted by Crippen LogP contribution is -2.48. The van der Waals surface area contributed by atoms with Crippen molar-refractivity contribution in [2.75, 3.05) is 50.0 Å². The molecule has 2 aromatic rings. The first-order valence-electron chi connectivity index (χ1n) is 9.58. The van der Waals surface area contributed by atoms with Crippen LogP contribution in [0.25, 0.3) is 0 Å². The van der Waals surface area contributed by atoms with Crippen LogP contribution in [0.3, 0.4) is 0 Å². The van der Waals surface area contributed by atoms with Crippen LogP contribution in [0.4, 0.5) is 11.4 Å². The topological polar surface area (TPSA) is 81.9 Å². The van der Waals surface area contributed by atoms with Crippen molar-refractivity contribution in [3.63, 3.8) is 0 Å². The fourth-order valence-electron chi connectivity index (χ4n) is 3.71. The molecule has 3 heterocycles. The highest BCUT2D eigenvalue weighted by Crippen LogP contribution is 2.29. The van der Waals surface area contributed by atoms with E-state index in [1.807, 2.05) is 42.0 Å². The number of piperazine rings is 1. The number of aryl methyl sites for hydroxylation is 1. The van der Waals surface area contributed by atoms with E-state index in [0.717, 1.165) is 30.2 Å². The van der Waals surface area contributed by atoms with E-state index >= 15 is 0 Å². The standard InChI is InChI=1S/C20H25N5O3/c1-14-11-16(28-22-14)13-24-7-9-25(10-8-24)20(27)15-3-4-18-17(12-15)21-19(26)5-6-23(18)2/h3-4,11-12H,5-10,13H2,1-2H3,(H,21,26). The van der Waals surface area contributed by atoms with Crippen molar-refractivity contribution >= 4 is 23.2 Å². The highest BCUT2D eigenvalue weighted by Gasteiger charge is 2.24. The van der Waals surface area contributed by atoms with Crippen molar-refractivity contribution in [3.05, 3.63) is 41.3 Å². The molecule has 0 unspecified atom stereocenters. The molecule has 28 heavy (non-hydrogen) atoms. The van der Waals surface area contributed by atoms with Crippen LogP contribution < -0.4 is 10.2 Å². The molecule has 0 aliphatic carbocycles. The van der Waals surface area contributed by atoms with Crippen molar-refractivity contribution in [1.29, 1.82) is 0 Å². The molecule has 1 saturated heterocycles. The zero-order valence-corrected chi connectivity index (χ0v) is 16.3. The number of fused-ring (bicyclic) bond motifs is 1. The SMILES string of the molecule is Cc1cc(CN2CCN(C(=O)c3ccc4c(c3)NC(=O)CCN4C)CC2)on1. The average molecular weight is 383 g/mol. The predicted octanol–water partition coefficient (Wildman–Crippen LogP) is 1.72. The molecule has 0 bridgehead atoms. The zero-order valence-electron chi connectivity index (χ0n) is 16.3. The first kappa shape index (κ1) is 18.5. The van der Waals surface area contributed by atoms with Gasteiger partial charge in [-0.15, -0.1) is 0 Å². The molecule has 0 spiro atoms. The lowest BCUT2D eigenvalue weighted by atomic mass is 10.1. The minimum Gasteiger partial charge on any atom is -0.372 e. The van der Waals surface area contributed by atoms with E-state index in [1.165, 1.54) is 0 Å². The van der Waals surface area contributed by atoms with Gasteiger partial charge in [-0.2, -0.15) is 0 Å². The van der Waals surface area contributed by atoms with Crippen LogP contribution in [0, 0.1) is 6.92 Å². The van der Waals surface area contributed by atoms with E-state index in [2.05, 4.69) is 15.4 Å². The first-order chi connectivity index (χ1) is 13.5. The first-order valence-corrected chi connectivity index (χ1v) is 9.58. The molecule has 1 fully saturated rings. The van der Waals surface area contributed by atoms with Gasteiger partial charge in [0.2, 0.25) is 5.91 Å². The Labute approximate surface area is 164 Å². The Bertz CT molecular complexity index is 886. The number of amides is 2. The highest BCUT2D eigenvalue weighted by atomic mass is 16.5. The van der Waals surface area contributed by atoms with Gasteiger partial charge in [-0.1, -0.05) is 5.16 Å². The van der Waals surface area contributed by atoms with Gasteiger partial charge >= 0.3 is 0 Å². The van der Waals surface area contributed by atoms with Crippen LogP contribution in [-0.2, 0) is 11.3 Å². The summed E-state index contributed by atoms with van der Waals surface area (Å²) in [6, 6.07) is 7.50. The molecule has 0 radical (unpaired) electrons. The molecule has 2 aliphatic heterocycles. The van der Waals surface area contributed by atoms with Crippen LogP contribution in [0.2, 0.25) is 0 Å². The van der Waals surface area contributed by atoms with Crippen LogP contribution in [0.15, 0.2) is 28.8 Å². The molecule has 148 valence electrons. The van der Waals surface area contributed by atoms with Gasteiger partial charge in [0, 0.05) is 57.8 Å². The quantitative estimate of drug-likeness (QED) is 0.869. The molecule has 4 rings (SSSR count). The number of anilines is 2. The molecule has 8 nitrogen and oxygen atoms in total. The Hall–Kier alpha value is -2.87. The number of nitrogens with zero attached hydrogens (tertiary/aromatic N) is 4. The van der Waals surface area contributed by atoms with Crippen LogP contribution in [0.5, 0.6) is 0 Å². The monoisotopic (exact) mass is 383 g/mol. The van der Waals surface area contributed by atoms with Crippen molar-refractivity contribution in [1.82, 2.24) is 15.0 Å². The molecular weight excluding hydrogens is 358 g/mol.